The van der Waals surface area contributed by atoms with Crippen molar-refractivity contribution in [2.45, 2.75) is 19.8 Å². The Morgan fingerprint density at radius 1 is 1.60 bits per heavy atom. The first-order valence-electron chi connectivity index (χ1n) is 3.19. The third-order valence-corrected chi connectivity index (χ3v) is 2.44. The van der Waals surface area contributed by atoms with Gasteiger partial charge in [0, 0.05) is 0 Å². The van der Waals surface area contributed by atoms with E-state index < -0.39 is 0 Å². The van der Waals surface area contributed by atoms with Crippen LogP contribution in [0.2, 0.25) is 0 Å². The molecule has 4 heteroatoms. The Morgan fingerprint density at radius 2 is 2.40 bits per heavy atom. The molecule has 0 aromatic carbocycles. The number of aryl methyl sites for hydroxylation is 1. The van der Waals surface area contributed by atoms with Crippen LogP contribution in [0.4, 0.5) is 0 Å². The summed E-state index contributed by atoms with van der Waals surface area (Å²) >= 11 is -0.0215. The van der Waals surface area contributed by atoms with Crippen molar-refractivity contribution in [3.05, 3.63) is 9.72 Å². The summed E-state index contributed by atoms with van der Waals surface area (Å²) in [5.41, 5.74) is 0. The van der Waals surface area contributed by atoms with Gasteiger partial charge in [0.05, 0.1) is 0 Å². The molecule has 0 unspecified atom stereocenters. The standard InChI is InChI=1S/C6H10IN2O/c1-3-4-5-8-6(7-2)10-9-5/h3-4H2,1-2H3/q-1. The maximum absolute atomic E-state index is 4.95. The van der Waals surface area contributed by atoms with Gasteiger partial charge in [0.2, 0.25) is 0 Å². The van der Waals surface area contributed by atoms with Crippen molar-refractivity contribution in [3.63, 3.8) is 0 Å². The van der Waals surface area contributed by atoms with Gasteiger partial charge in [-0.1, -0.05) is 0 Å². The Bertz CT molecular complexity index is 199. The van der Waals surface area contributed by atoms with Gasteiger partial charge >= 0.3 is 70.3 Å². The van der Waals surface area contributed by atoms with Gasteiger partial charge in [-0.15, -0.1) is 0 Å². The Morgan fingerprint density at radius 3 is 2.90 bits per heavy atom. The summed E-state index contributed by atoms with van der Waals surface area (Å²) < 4.78 is 5.80. The zero-order chi connectivity index (χ0) is 7.40. The molecule has 0 saturated carbocycles. The molecular formula is C6H10IN2O-. The van der Waals surface area contributed by atoms with E-state index in [0.717, 1.165) is 22.6 Å². The van der Waals surface area contributed by atoms with E-state index >= 15 is 0 Å². The van der Waals surface area contributed by atoms with Gasteiger partial charge in [-0.2, -0.15) is 0 Å². The molecule has 0 aliphatic heterocycles. The Kier molecular flexibility index (Phi) is 3.11. The molecule has 0 bridgehead atoms. The van der Waals surface area contributed by atoms with E-state index in [-0.39, 0.29) is 21.2 Å². The molecule has 58 valence electrons. The van der Waals surface area contributed by atoms with Crippen molar-refractivity contribution in [1.82, 2.24) is 10.1 Å². The number of hydrogen-bond donors (Lipinski definition) is 0. The number of rotatable bonds is 3. The third-order valence-electron chi connectivity index (χ3n) is 1.08. The van der Waals surface area contributed by atoms with Crippen LogP contribution in [0.5, 0.6) is 0 Å². The molecule has 1 rings (SSSR count). The number of nitrogens with zero attached hydrogens (tertiary/aromatic N) is 2. The van der Waals surface area contributed by atoms with E-state index in [0.29, 0.717) is 0 Å². The first kappa shape index (κ1) is 7.97. The molecular weight excluding hydrogens is 243 g/mol. The van der Waals surface area contributed by atoms with Crippen LogP contribution in [0.25, 0.3) is 0 Å². The van der Waals surface area contributed by atoms with Crippen molar-refractivity contribution in [1.29, 1.82) is 0 Å². The zero-order valence-electron chi connectivity index (χ0n) is 6.09. The second-order valence-electron chi connectivity index (χ2n) is 1.90. The van der Waals surface area contributed by atoms with E-state index in [1.165, 1.54) is 0 Å². The first-order valence-corrected chi connectivity index (χ1v) is 6.42. The second kappa shape index (κ2) is 3.90. The van der Waals surface area contributed by atoms with Gasteiger partial charge in [0.1, 0.15) is 0 Å². The van der Waals surface area contributed by atoms with Crippen molar-refractivity contribution >= 4 is 0 Å². The fourth-order valence-corrected chi connectivity index (χ4v) is 1.45. The summed E-state index contributed by atoms with van der Waals surface area (Å²) in [4.78, 5) is 6.30. The Hall–Kier alpha value is -0.130. The van der Waals surface area contributed by atoms with Gasteiger partial charge < -0.3 is 0 Å². The fraction of sp³-hybridized carbons (Fsp3) is 0.667. The van der Waals surface area contributed by atoms with Crippen LogP contribution in [0.15, 0.2) is 4.52 Å². The molecule has 1 aromatic rings. The quantitative estimate of drug-likeness (QED) is 0.458. The molecule has 0 atom stereocenters. The molecule has 3 nitrogen and oxygen atoms in total. The monoisotopic (exact) mass is 253 g/mol. The average Bonchev–Trinajstić information content (AvgIpc) is 2.37. The van der Waals surface area contributed by atoms with Gasteiger partial charge in [-0.3, -0.25) is 0 Å². The normalized spacial score (nSPS) is 10.6. The molecule has 0 amide bonds. The van der Waals surface area contributed by atoms with Crippen LogP contribution in [0.3, 0.4) is 0 Å². The molecule has 0 aliphatic carbocycles. The Balaban J connectivity index is 2.59. The van der Waals surface area contributed by atoms with E-state index in [2.05, 4.69) is 22.0 Å². The van der Waals surface area contributed by atoms with Crippen molar-refractivity contribution in [3.8, 4) is 0 Å². The fourth-order valence-electron chi connectivity index (χ4n) is 0.635. The summed E-state index contributed by atoms with van der Waals surface area (Å²) in [6.45, 7) is 2.11. The van der Waals surface area contributed by atoms with Gasteiger partial charge in [-0.05, 0) is 0 Å². The van der Waals surface area contributed by atoms with Crippen LogP contribution < -0.4 is 21.2 Å². The molecule has 10 heavy (non-hydrogen) atoms. The minimum atomic E-state index is -0.0215. The predicted octanol–water partition coefficient (Wildman–Crippen LogP) is -2.09. The van der Waals surface area contributed by atoms with E-state index in [1.807, 2.05) is 0 Å². The van der Waals surface area contributed by atoms with Crippen molar-refractivity contribution < 1.29 is 25.7 Å². The molecule has 0 saturated heterocycles. The van der Waals surface area contributed by atoms with Crippen molar-refractivity contribution in [2.75, 3.05) is 4.93 Å². The molecule has 0 radical (unpaired) electrons. The first-order chi connectivity index (χ1) is 4.86. The topological polar surface area (TPSA) is 38.9 Å². The molecule has 0 N–H and O–H groups in total. The summed E-state index contributed by atoms with van der Waals surface area (Å²) in [5, 5.41) is 3.82. The molecule has 0 spiro atoms. The van der Waals surface area contributed by atoms with E-state index in [1.54, 1.807) is 0 Å². The van der Waals surface area contributed by atoms with Gasteiger partial charge in [-0.25, -0.2) is 0 Å². The van der Waals surface area contributed by atoms with Gasteiger partial charge in [0.25, 0.3) is 0 Å². The van der Waals surface area contributed by atoms with Gasteiger partial charge in [0.15, 0.2) is 0 Å². The number of halogens is 1. The molecule has 0 aliphatic rings. The second-order valence-corrected chi connectivity index (χ2v) is 3.90. The van der Waals surface area contributed by atoms with Crippen LogP contribution >= 0.6 is 0 Å². The summed E-state index contributed by atoms with van der Waals surface area (Å²) in [6, 6.07) is 0. The number of alkyl halides is 1. The van der Waals surface area contributed by atoms with Crippen LogP contribution in [-0.2, 0) is 6.42 Å². The summed E-state index contributed by atoms with van der Waals surface area (Å²) in [5.74, 6) is 0.860. The molecule has 1 heterocycles. The minimum absolute atomic E-state index is 0.0215. The summed E-state index contributed by atoms with van der Waals surface area (Å²) in [7, 11) is 0. The average molecular weight is 253 g/mol. The van der Waals surface area contributed by atoms with E-state index in [4.69, 9.17) is 4.52 Å². The molecule has 0 fully saturated rings. The van der Waals surface area contributed by atoms with Crippen molar-refractivity contribution in [2.24, 2.45) is 0 Å². The summed E-state index contributed by atoms with van der Waals surface area (Å²) in [6.07, 6.45) is 2.02. The van der Waals surface area contributed by atoms with Crippen LogP contribution in [-0.4, -0.2) is 15.1 Å². The van der Waals surface area contributed by atoms with Crippen LogP contribution in [0, 0.1) is 3.90 Å². The maximum atomic E-state index is 4.95. The van der Waals surface area contributed by atoms with E-state index in [9.17, 15) is 0 Å². The third kappa shape index (κ3) is 1.93. The zero-order valence-corrected chi connectivity index (χ0v) is 8.25. The SMILES string of the molecule is CCCc1noc([I-]C)n1. The number of hydrogen-bond acceptors (Lipinski definition) is 3. The number of aromatic nitrogens is 2. The molecule has 1 aromatic heterocycles. The predicted molar refractivity (Wildman–Crippen MR) is 32.9 cm³/mol. The Labute approximate surface area is 70.5 Å². The van der Waals surface area contributed by atoms with Crippen LogP contribution in [0.1, 0.15) is 19.2 Å².